The Morgan fingerprint density at radius 2 is 1.50 bits per heavy atom. The maximum absolute atomic E-state index is 11.1. The van der Waals surface area contributed by atoms with Gasteiger partial charge < -0.3 is 25.4 Å². The lowest BCUT2D eigenvalue weighted by atomic mass is 9.89. The van der Waals surface area contributed by atoms with Crippen molar-refractivity contribution in [2.24, 2.45) is 11.7 Å². The fourth-order valence-electron chi connectivity index (χ4n) is 5.69. The molecular weight excluding hydrogens is 524 g/mol. The maximum atomic E-state index is 11.1. The van der Waals surface area contributed by atoms with E-state index in [0.29, 0.717) is 13.1 Å². The fourth-order valence-corrected chi connectivity index (χ4v) is 5.69. The highest BCUT2D eigenvalue weighted by molar-refractivity contribution is 5.65. The molecule has 1 heterocycles. The molecule has 0 unspecified atom stereocenters. The van der Waals surface area contributed by atoms with E-state index in [9.17, 15) is 10.2 Å². The number of nitrogens with two attached hydrogens (primary N) is 1. The van der Waals surface area contributed by atoms with E-state index in [1.165, 1.54) is 0 Å². The van der Waals surface area contributed by atoms with Crippen molar-refractivity contribution in [1.82, 2.24) is 4.90 Å². The minimum atomic E-state index is -0.620. The van der Waals surface area contributed by atoms with Crippen LogP contribution in [-0.2, 0) is 22.6 Å². The highest BCUT2D eigenvalue weighted by atomic mass is 16.7. The van der Waals surface area contributed by atoms with Gasteiger partial charge >= 0.3 is 0 Å². The Bertz CT molecular complexity index is 1430. The van der Waals surface area contributed by atoms with E-state index in [2.05, 4.69) is 36.1 Å². The van der Waals surface area contributed by atoms with E-state index >= 15 is 0 Å². The second-order valence-corrected chi connectivity index (χ2v) is 11.4. The van der Waals surface area contributed by atoms with E-state index < -0.39 is 12.4 Å². The molecule has 1 aliphatic rings. The van der Waals surface area contributed by atoms with Crippen LogP contribution >= 0.6 is 0 Å². The van der Waals surface area contributed by atoms with Crippen molar-refractivity contribution in [3.8, 4) is 11.1 Å². The van der Waals surface area contributed by atoms with E-state index in [-0.39, 0.29) is 30.8 Å². The van der Waals surface area contributed by atoms with Crippen LogP contribution in [0.5, 0.6) is 0 Å². The van der Waals surface area contributed by atoms with E-state index in [4.69, 9.17) is 15.2 Å². The third kappa shape index (κ3) is 6.81. The first kappa shape index (κ1) is 30.1. The van der Waals surface area contributed by atoms with Crippen molar-refractivity contribution in [3.05, 3.63) is 131 Å². The molecule has 42 heavy (non-hydrogen) atoms. The van der Waals surface area contributed by atoms with Gasteiger partial charge in [0.25, 0.3) is 0 Å². The molecule has 4 N–H and O–H groups in total. The molecule has 0 saturated carbocycles. The van der Waals surface area contributed by atoms with Crippen LogP contribution in [0.25, 0.3) is 11.1 Å². The SMILES string of the molecule is C[C@H]1[C@@H](CN(C)[C@H](C)[C@@H](O)c2ccccc2)O[C@@H](c2cccc(-c3cccc(CN)c3)c2)O[C@H]1c1ccc(CO)cc1. The molecule has 6 atom stereocenters. The van der Waals surface area contributed by atoms with Crippen LogP contribution in [0.4, 0.5) is 0 Å². The van der Waals surface area contributed by atoms with Gasteiger partial charge in [0.15, 0.2) is 6.29 Å². The summed E-state index contributed by atoms with van der Waals surface area (Å²) in [5, 5.41) is 20.7. The standard InChI is InChI=1S/C36H42N2O4/c1-24-33(22-38(3)25(2)34(40)28-10-5-4-6-11-28)41-36(42-35(24)29-17-15-26(23-39)16-18-29)32-14-8-13-31(20-32)30-12-7-9-27(19-30)21-37/h4-20,24-25,33-36,39-40H,21-23,37H2,1-3H3/t24-,25+,33+,34+,35+,36+/m0/s1. The first-order chi connectivity index (χ1) is 20.4. The van der Waals surface area contributed by atoms with Crippen LogP contribution in [0.1, 0.15) is 60.2 Å². The molecule has 0 spiro atoms. The van der Waals surface area contributed by atoms with Gasteiger partial charge in [0.2, 0.25) is 0 Å². The number of hydrogen-bond donors (Lipinski definition) is 3. The predicted octanol–water partition coefficient (Wildman–Crippen LogP) is 6.15. The first-order valence-electron chi connectivity index (χ1n) is 14.7. The van der Waals surface area contributed by atoms with Crippen molar-refractivity contribution in [1.29, 1.82) is 0 Å². The van der Waals surface area contributed by atoms with Gasteiger partial charge in [-0.15, -0.1) is 0 Å². The van der Waals surface area contributed by atoms with E-state index in [1.807, 2.05) is 92.8 Å². The minimum Gasteiger partial charge on any atom is -0.392 e. The molecule has 0 aromatic heterocycles. The van der Waals surface area contributed by atoms with Crippen LogP contribution in [0.15, 0.2) is 103 Å². The quantitative estimate of drug-likeness (QED) is 0.213. The van der Waals surface area contributed by atoms with Gasteiger partial charge in [0.05, 0.1) is 24.9 Å². The summed E-state index contributed by atoms with van der Waals surface area (Å²) in [5.41, 5.74) is 12.9. The number of rotatable bonds is 10. The fraction of sp³-hybridized carbons (Fsp3) is 0.333. The van der Waals surface area contributed by atoms with Crippen LogP contribution in [0, 0.1) is 5.92 Å². The van der Waals surface area contributed by atoms with Gasteiger partial charge in [-0.05, 0) is 59.5 Å². The topological polar surface area (TPSA) is 88.2 Å². The molecule has 220 valence electrons. The molecular formula is C36H42N2O4. The van der Waals surface area contributed by atoms with Crippen LogP contribution < -0.4 is 5.73 Å². The van der Waals surface area contributed by atoms with Gasteiger partial charge in [-0.25, -0.2) is 0 Å². The van der Waals surface area contributed by atoms with Gasteiger partial charge in [-0.2, -0.15) is 0 Å². The molecule has 0 amide bonds. The molecule has 4 aromatic rings. The van der Waals surface area contributed by atoms with Gasteiger partial charge in [0, 0.05) is 30.6 Å². The van der Waals surface area contributed by atoms with Crippen molar-refractivity contribution in [3.63, 3.8) is 0 Å². The first-order valence-corrected chi connectivity index (χ1v) is 14.7. The summed E-state index contributed by atoms with van der Waals surface area (Å²) in [5.74, 6) is 0.0363. The molecule has 1 fully saturated rings. The molecule has 5 rings (SSSR count). The smallest absolute Gasteiger partial charge is 0.184 e. The summed E-state index contributed by atoms with van der Waals surface area (Å²) in [7, 11) is 2.04. The van der Waals surface area contributed by atoms with E-state index in [0.717, 1.165) is 38.9 Å². The monoisotopic (exact) mass is 566 g/mol. The number of nitrogens with zero attached hydrogens (tertiary/aromatic N) is 1. The lowest BCUT2D eigenvalue weighted by Gasteiger charge is -2.43. The normalized spacial score (nSPS) is 22.2. The summed E-state index contributed by atoms with van der Waals surface area (Å²) >= 11 is 0. The number of hydrogen-bond acceptors (Lipinski definition) is 6. The third-order valence-corrected chi connectivity index (χ3v) is 8.54. The number of aliphatic hydroxyl groups is 2. The van der Waals surface area contributed by atoms with Gasteiger partial charge in [0.1, 0.15) is 0 Å². The lowest BCUT2D eigenvalue weighted by molar-refractivity contribution is -0.276. The predicted molar refractivity (Wildman–Crippen MR) is 166 cm³/mol. The molecule has 1 aliphatic heterocycles. The summed E-state index contributed by atoms with van der Waals surface area (Å²) < 4.78 is 13.4. The Morgan fingerprint density at radius 3 is 2.19 bits per heavy atom. The Kier molecular flexibility index (Phi) is 9.85. The van der Waals surface area contributed by atoms with Crippen molar-refractivity contribution in [2.75, 3.05) is 13.6 Å². The van der Waals surface area contributed by atoms with Crippen molar-refractivity contribution in [2.45, 2.75) is 57.6 Å². The van der Waals surface area contributed by atoms with E-state index in [1.54, 1.807) is 0 Å². The Balaban J connectivity index is 1.42. The molecule has 1 saturated heterocycles. The van der Waals surface area contributed by atoms with Crippen LogP contribution in [0.2, 0.25) is 0 Å². The van der Waals surface area contributed by atoms with Crippen molar-refractivity contribution >= 4 is 0 Å². The Morgan fingerprint density at radius 1 is 0.810 bits per heavy atom. The number of benzene rings is 4. The molecule has 0 radical (unpaired) electrons. The number of aliphatic hydroxyl groups excluding tert-OH is 2. The van der Waals surface area contributed by atoms with Gasteiger partial charge in [-0.3, -0.25) is 4.90 Å². The molecule has 6 nitrogen and oxygen atoms in total. The average Bonchev–Trinajstić information content (AvgIpc) is 3.05. The second kappa shape index (κ2) is 13.7. The summed E-state index contributed by atoms with van der Waals surface area (Å²) in [6, 6.07) is 34.2. The highest BCUT2D eigenvalue weighted by Gasteiger charge is 2.39. The largest absolute Gasteiger partial charge is 0.392 e. The molecule has 0 bridgehead atoms. The highest BCUT2D eigenvalue weighted by Crippen LogP contribution is 2.42. The average molecular weight is 567 g/mol. The minimum absolute atomic E-state index is 0.000289. The summed E-state index contributed by atoms with van der Waals surface area (Å²) in [6.07, 6.45) is -1.57. The second-order valence-electron chi connectivity index (χ2n) is 11.4. The van der Waals surface area contributed by atoms with Crippen LogP contribution in [0.3, 0.4) is 0 Å². The number of likely N-dealkylation sites (N-methyl/N-ethyl adjacent to an activating group) is 1. The van der Waals surface area contributed by atoms with Gasteiger partial charge in [-0.1, -0.05) is 97.9 Å². The molecule has 6 heteroatoms. The Hall–Kier alpha value is -3.36. The molecule has 0 aliphatic carbocycles. The zero-order valence-electron chi connectivity index (χ0n) is 24.6. The Labute approximate surface area is 249 Å². The zero-order valence-corrected chi connectivity index (χ0v) is 24.6. The third-order valence-electron chi connectivity index (χ3n) is 8.54. The van der Waals surface area contributed by atoms with Crippen molar-refractivity contribution < 1.29 is 19.7 Å². The van der Waals surface area contributed by atoms with Crippen LogP contribution in [-0.4, -0.2) is 40.9 Å². The number of ether oxygens (including phenoxy) is 2. The zero-order chi connectivity index (χ0) is 29.6. The maximum Gasteiger partial charge on any atom is 0.184 e. The summed E-state index contributed by atoms with van der Waals surface area (Å²) in [6.45, 7) is 5.31. The molecule has 4 aromatic carbocycles. The summed E-state index contributed by atoms with van der Waals surface area (Å²) in [4.78, 5) is 2.17. The lowest BCUT2D eigenvalue weighted by Crippen LogP contribution is -2.46.